The first-order valence-electron chi connectivity index (χ1n) is 6.85. The number of amidine groups is 1. The van der Waals surface area contributed by atoms with Crippen molar-refractivity contribution < 1.29 is 14.3 Å². The molecule has 0 bridgehead atoms. The predicted octanol–water partition coefficient (Wildman–Crippen LogP) is 1.39. The lowest BCUT2D eigenvalue weighted by molar-refractivity contribution is -0.0200. The van der Waals surface area contributed by atoms with Crippen molar-refractivity contribution in [1.29, 1.82) is 5.41 Å². The lowest BCUT2D eigenvalue weighted by atomic mass is 9.88. The minimum atomic E-state index is -0.677. The number of amides is 3. The predicted molar refractivity (Wildman–Crippen MR) is 73.8 cm³/mol. The molecule has 2 aliphatic heterocycles. The maximum atomic E-state index is 11.9. The monoisotopic (exact) mass is 282 g/mol. The Balaban J connectivity index is 2.04. The van der Waals surface area contributed by atoms with Gasteiger partial charge in [-0.25, -0.2) is 9.59 Å². The molecule has 0 unspecified atom stereocenters. The van der Waals surface area contributed by atoms with E-state index < -0.39 is 17.2 Å². The Labute approximate surface area is 118 Å². The average Bonchev–Trinajstić information content (AvgIpc) is 2.46. The van der Waals surface area contributed by atoms with Gasteiger partial charge in [-0.15, -0.1) is 0 Å². The molecule has 2 rings (SSSR count). The minimum absolute atomic E-state index is 0.177. The van der Waals surface area contributed by atoms with E-state index in [9.17, 15) is 9.59 Å². The van der Waals surface area contributed by atoms with E-state index in [0.29, 0.717) is 19.6 Å². The first-order chi connectivity index (χ1) is 9.19. The second-order valence-corrected chi connectivity index (χ2v) is 6.32. The molecule has 0 saturated carbocycles. The molecule has 2 fully saturated rings. The summed E-state index contributed by atoms with van der Waals surface area (Å²) in [5.41, 5.74) is -1.22. The zero-order valence-electron chi connectivity index (χ0n) is 12.4. The van der Waals surface area contributed by atoms with Crippen LogP contribution in [0.25, 0.3) is 0 Å². The molecule has 112 valence electrons. The molecule has 0 atom stereocenters. The fourth-order valence-corrected chi connectivity index (χ4v) is 2.53. The molecule has 3 amide bonds. The smallest absolute Gasteiger partial charge is 0.410 e. The third-order valence-electron chi connectivity index (χ3n) is 3.46. The fraction of sp³-hybridized carbons (Fsp3) is 0.769. The van der Waals surface area contributed by atoms with Gasteiger partial charge >= 0.3 is 12.1 Å². The highest BCUT2D eigenvalue weighted by atomic mass is 16.6. The normalized spacial score (nSPS) is 21.0. The summed E-state index contributed by atoms with van der Waals surface area (Å²) >= 11 is 0. The molecule has 2 saturated heterocycles. The van der Waals surface area contributed by atoms with Crippen LogP contribution in [-0.4, -0.2) is 58.5 Å². The second-order valence-electron chi connectivity index (χ2n) is 6.32. The molecule has 7 heteroatoms. The van der Waals surface area contributed by atoms with E-state index in [0.717, 1.165) is 6.42 Å². The number of carbonyl (C=O) groups excluding carboxylic acids is 2. The number of rotatable bonds is 2. The van der Waals surface area contributed by atoms with Gasteiger partial charge < -0.3 is 14.5 Å². The SMILES string of the molecule is CCCN1C(=O)NC(=N)C12CN(C(=O)OC(C)(C)C)C2. The largest absolute Gasteiger partial charge is 0.444 e. The zero-order valence-corrected chi connectivity index (χ0v) is 12.4. The van der Waals surface area contributed by atoms with Gasteiger partial charge in [0.05, 0.1) is 13.1 Å². The van der Waals surface area contributed by atoms with Gasteiger partial charge in [0.2, 0.25) is 0 Å². The molecule has 0 aromatic carbocycles. The van der Waals surface area contributed by atoms with Gasteiger partial charge in [-0.05, 0) is 27.2 Å². The molecule has 2 aliphatic rings. The number of hydrogen-bond donors (Lipinski definition) is 2. The molecular weight excluding hydrogens is 260 g/mol. The summed E-state index contributed by atoms with van der Waals surface area (Å²) in [6.07, 6.45) is 0.418. The van der Waals surface area contributed by atoms with E-state index >= 15 is 0 Å². The molecule has 0 aliphatic carbocycles. The summed E-state index contributed by atoms with van der Waals surface area (Å²) in [7, 11) is 0. The lowest BCUT2D eigenvalue weighted by Crippen LogP contribution is -2.72. The Hall–Kier alpha value is -1.79. The molecular formula is C13H22N4O3. The second kappa shape index (κ2) is 4.64. The quantitative estimate of drug-likeness (QED) is 0.802. The third kappa shape index (κ3) is 2.32. The van der Waals surface area contributed by atoms with E-state index in [1.807, 2.05) is 27.7 Å². The first kappa shape index (κ1) is 14.6. The van der Waals surface area contributed by atoms with E-state index in [2.05, 4.69) is 5.32 Å². The van der Waals surface area contributed by atoms with Crippen LogP contribution in [0.5, 0.6) is 0 Å². The molecule has 0 aromatic rings. The van der Waals surface area contributed by atoms with Crippen molar-refractivity contribution in [2.45, 2.75) is 45.3 Å². The standard InChI is InChI=1S/C13H22N4O3/c1-5-6-17-10(18)15-9(14)13(17)7-16(8-13)11(19)20-12(2,3)4/h5-8H2,1-4H3,(H2,14,15,18). The van der Waals surface area contributed by atoms with Gasteiger partial charge in [0.25, 0.3) is 0 Å². The summed E-state index contributed by atoms with van der Waals surface area (Å²) in [5, 5.41) is 10.5. The van der Waals surface area contributed by atoms with E-state index in [-0.39, 0.29) is 11.9 Å². The Morgan fingerprint density at radius 2 is 2.05 bits per heavy atom. The molecule has 0 radical (unpaired) electrons. The number of ether oxygens (including phenoxy) is 1. The Morgan fingerprint density at radius 1 is 1.45 bits per heavy atom. The topological polar surface area (TPSA) is 85.7 Å². The van der Waals surface area contributed by atoms with Crippen molar-refractivity contribution in [3.05, 3.63) is 0 Å². The minimum Gasteiger partial charge on any atom is -0.444 e. The molecule has 20 heavy (non-hydrogen) atoms. The van der Waals surface area contributed by atoms with Crippen molar-refractivity contribution in [3.63, 3.8) is 0 Å². The number of nitrogens with one attached hydrogen (secondary N) is 2. The van der Waals surface area contributed by atoms with Crippen LogP contribution in [0.2, 0.25) is 0 Å². The zero-order chi connectivity index (χ0) is 15.1. The van der Waals surface area contributed by atoms with E-state index in [1.54, 1.807) is 4.90 Å². The summed E-state index contributed by atoms with van der Waals surface area (Å²) in [5.74, 6) is 0.177. The van der Waals surface area contributed by atoms with Crippen molar-refractivity contribution >= 4 is 18.0 Å². The van der Waals surface area contributed by atoms with Gasteiger partial charge in [-0.3, -0.25) is 10.7 Å². The number of urea groups is 1. The van der Waals surface area contributed by atoms with Crippen LogP contribution >= 0.6 is 0 Å². The summed E-state index contributed by atoms with van der Waals surface area (Å²) in [6, 6.07) is -0.249. The molecule has 0 aromatic heterocycles. The molecule has 1 spiro atoms. The van der Waals surface area contributed by atoms with Gasteiger partial charge in [-0.1, -0.05) is 6.92 Å². The van der Waals surface area contributed by atoms with Crippen molar-refractivity contribution in [3.8, 4) is 0 Å². The van der Waals surface area contributed by atoms with Crippen LogP contribution < -0.4 is 5.32 Å². The highest BCUT2D eigenvalue weighted by molar-refractivity contribution is 6.10. The highest BCUT2D eigenvalue weighted by Gasteiger charge is 2.59. The van der Waals surface area contributed by atoms with Crippen molar-refractivity contribution in [2.75, 3.05) is 19.6 Å². The van der Waals surface area contributed by atoms with Crippen molar-refractivity contribution in [1.82, 2.24) is 15.1 Å². The molecule has 2 N–H and O–H groups in total. The lowest BCUT2D eigenvalue weighted by Gasteiger charge is -2.50. The Bertz CT molecular complexity index is 449. The number of nitrogens with zero attached hydrogens (tertiary/aromatic N) is 2. The first-order valence-corrected chi connectivity index (χ1v) is 6.85. The summed E-state index contributed by atoms with van der Waals surface area (Å²) in [4.78, 5) is 27.0. The summed E-state index contributed by atoms with van der Waals surface area (Å²) in [6.45, 7) is 8.63. The number of likely N-dealkylation sites (tertiary alicyclic amines) is 1. The molecule has 2 heterocycles. The Kier molecular flexibility index (Phi) is 3.39. The maximum Gasteiger partial charge on any atom is 0.410 e. The van der Waals surface area contributed by atoms with E-state index in [1.165, 1.54) is 4.90 Å². The van der Waals surface area contributed by atoms with Crippen LogP contribution in [0.4, 0.5) is 9.59 Å². The van der Waals surface area contributed by atoms with Gasteiger partial charge in [0.1, 0.15) is 17.0 Å². The van der Waals surface area contributed by atoms with Gasteiger partial charge in [-0.2, -0.15) is 0 Å². The maximum absolute atomic E-state index is 11.9. The Morgan fingerprint density at radius 3 is 2.55 bits per heavy atom. The van der Waals surface area contributed by atoms with Gasteiger partial charge in [0.15, 0.2) is 0 Å². The molecule has 7 nitrogen and oxygen atoms in total. The van der Waals surface area contributed by atoms with Crippen molar-refractivity contribution in [2.24, 2.45) is 0 Å². The average molecular weight is 282 g/mol. The number of hydrogen-bond acceptors (Lipinski definition) is 4. The highest BCUT2D eigenvalue weighted by Crippen LogP contribution is 2.33. The number of carbonyl (C=O) groups is 2. The van der Waals surface area contributed by atoms with E-state index in [4.69, 9.17) is 10.1 Å². The van der Waals surface area contributed by atoms with Crippen LogP contribution in [0.15, 0.2) is 0 Å². The van der Waals surface area contributed by atoms with Gasteiger partial charge in [0, 0.05) is 6.54 Å². The summed E-state index contributed by atoms with van der Waals surface area (Å²) < 4.78 is 5.29. The fourth-order valence-electron chi connectivity index (χ4n) is 2.53. The van der Waals surface area contributed by atoms with Crippen LogP contribution in [0.3, 0.4) is 0 Å². The third-order valence-corrected chi connectivity index (χ3v) is 3.46. The van der Waals surface area contributed by atoms with Crippen LogP contribution in [0.1, 0.15) is 34.1 Å². The van der Waals surface area contributed by atoms with Crippen LogP contribution in [0, 0.1) is 5.41 Å². The van der Waals surface area contributed by atoms with Crippen LogP contribution in [-0.2, 0) is 4.74 Å².